The minimum absolute atomic E-state index is 0.292. The van der Waals surface area contributed by atoms with Gasteiger partial charge in [-0.2, -0.15) is 5.10 Å². The first kappa shape index (κ1) is 25.3. The number of hydrogen-bond donors (Lipinski definition) is 0. The van der Waals surface area contributed by atoms with Crippen molar-refractivity contribution in [2.24, 2.45) is 4.99 Å². The molecule has 0 saturated carbocycles. The second kappa shape index (κ2) is 10.3. The zero-order valence-corrected chi connectivity index (χ0v) is 23.2. The van der Waals surface area contributed by atoms with Crippen LogP contribution in [0.5, 0.6) is 11.5 Å². The van der Waals surface area contributed by atoms with Crippen LogP contribution in [0.2, 0.25) is 0 Å². The predicted octanol–water partition coefficient (Wildman–Crippen LogP) is 7.73. The molecular formula is C31H26Cl2N4O2. The lowest BCUT2D eigenvalue weighted by Crippen LogP contribution is -2.35. The number of aliphatic imine (C=N–C) groups is 1. The number of halogens is 2. The number of methoxy groups -OCH3 is 1. The van der Waals surface area contributed by atoms with Crippen LogP contribution in [0.1, 0.15) is 34.0 Å². The van der Waals surface area contributed by atoms with E-state index < -0.39 is 0 Å². The zero-order chi connectivity index (χ0) is 27.1. The van der Waals surface area contributed by atoms with Gasteiger partial charge in [0.25, 0.3) is 0 Å². The van der Waals surface area contributed by atoms with Gasteiger partial charge in [-0.05, 0) is 55.3 Å². The maximum absolute atomic E-state index is 6.70. The van der Waals surface area contributed by atoms with Crippen LogP contribution < -0.4 is 9.47 Å². The summed E-state index contributed by atoms with van der Waals surface area (Å²) in [5.74, 6) is 2.63. The molecule has 0 spiro atoms. The van der Waals surface area contributed by atoms with Crippen LogP contribution in [-0.2, 0) is 6.61 Å². The fourth-order valence-corrected chi connectivity index (χ4v) is 5.47. The summed E-state index contributed by atoms with van der Waals surface area (Å²) in [6.07, 6.45) is 3.57. The summed E-state index contributed by atoms with van der Waals surface area (Å²) in [4.78, 5) is 6.99. The van der Waals surface area contributed by atoms with E-state index in [-0.39, 0.29) is 6.04 Å². The van der Waals surface area contributed by atoms with E-state index in [0.29, 0.717) is 34.0 Å². The van der Waals surface area contributed by atoms with Crippen LogP contribution in [0.3, 0.4) is 0 Å². The van der Waals surface area contributed by atoms with Crippen molar-refractivity contribution in [3.8, 4) is 17.2 Å². The first-order valence-electron chi connectivity index (χ1n) is 12.6. The minimum Gasteiger partial charge on any atom is -0.493 e. The highest BCUT2D eigenvalue weighted by Crippen LogP contribution is 2.46. The first-order valence-corrected chi connectivity index (χ1v) is 13.3. The number of aromatic nitrogens is 2. The highest BCUT2D eigenvalue weighted by atomic mass is 35.5. The Morgan fingerprint density at radius 2 is 1.69 bits per heavy atom. The van der Waals surface area contributed by atoms with E-state index in [1.54, 1.807) is 13.2 Å². The molecule has 1 atom stereocenters. The van der Waals surface area contributed by atoms with Gasteiger partial charge < -0.3 is 14.4 Å². The topological polar surface area (TPSA) is 51.9 Å². The highest BCUT2D eigenvalue weighted by Gasteiger charge is 2.38. The van der Waals surface area contributed by atoms with Crippen molar-refractivity contribution < 1.29 is 9.47 Å². The third-order valence-corrected chi connectivity index (χ3v) is 7.33. The van der Waals surface area contributed by atoms with E-state index in [1.165, 1.54) is 5.56 Å². The Kier molecular flexibility index (Phi) is 6.67. The molecule has 0 N–H and O–H groups in total. The number of amidine groups is 1. The van der Waals surface area contributed by atoms with E-state index in [2.05, 4.69) is 19.1 Å². The molecule has 2 aliphatic heterocycles. The molecule has 0 radical (unpaired) electrons. The summed E-state index contributed by atoms with van der Waals surface area (Å²) < 4.78 is 13.8. The molecule has 3 heterocycles. The van der Waals surface area contributed by atoms with Gasteiger partial charge in [-0.15, -0.1) is 0 Å². The van der Waals surface area contributed by atoms with Crippen LogP contribution in [0, 0.1) is 13.8 Å². The standard InChI is InChI=1S/C31H26Cl2N4O2/c1-19-9-12-24(13-10-19)37-31-28(20(2)35-37)29(36-17-23(32)16-25(33)30(36)34-31)22-11-14-26(27(15-22)38-3)39-18-21-7-5-4-6-8-21/h4-17,29H,18H2,1-3H3/t29-/m0/s1. The third-order valence-electron chi connectivity index (χ3n) is 6.85. The molecule has 0 bridgehead atoms. The Hall–Kier alpha value is -4.00. The molecule has 0 amide bonds. The number of allylic oxidation sites excluding steroid dienone is 2. The van der Waals surface area contributed by atoms with Crippen molar-refractivity contribution >= 4 is 34.9 Å². The van der Waals surface area contributed by atoms with Crippen LogP contribution in [0.4, 0.5) is 5.82 Å². The van der Waals surface area contributed by atoms with E-state index in [1.807, 2.05) is 83.4 Å². The quantitative estimate of drug-likeness (QED) is 0.244. The summed E-state index contributed by atoms with van der Waals surface area (Å²) in [6, 6.07) is 23.9. The number of nitrogens with zero attached hydrogens (tertiary/aromatic N) is 4. The summed E-state index contributed by atoms with van der Waals surface area (Å²) in [6.45, 7) is 4.50. The summed E-state index contributed by atoms with van der Waals surface area (Å²) >= 11 is 13.2. The van der Waals surface area contributed by atoms with Crippen LogP contribution >= 0.6 is 23.2 Å². The Morgan fingerprint density at radius 1 is 0.923 bits per heavy atom. The molecule has 2 aliphatic rings. The number of rotatable bonds is 6. The Morgan fingerprint density at radius 3 is 2.44 bits per heavy atom. The van der Waals surface area contributed by atoms with Crippen LogP contribution in [0.15, 0.2) is 100 Å². The second-order valence-corrected chi connectivity index (χ2v) is 10.3. The average molecular weight is 557 g/mol. The van der Waals surface area contributed by atoms with E-state index in [4.69, 9.17) is 42.8 Å². The Labute approximate surface area is 237 Å². The number of ether oxygens (including phenoxy) is 2. The molecule has 3 aromatic carbocycles. The molecular weight excluding hydrogens is 531 g/mol. The average Bonchev–Trinajstić information content (AvgIpc) is 3.27. The van der Waals surface area contributed by atoms with Crippen molar-refractivity contribution in [2.45, 2.75) is 26.5 Å². The van der Waals surface area contributed by atoms with Gasteiger partial charge in [-0.25, -0.2) is 9.67 Å². The maximum Gasteiger partial charge on any atom is 0.164 e. The summed E-state index contributed by atoms with van der Waals surface area (Å²) in [5.41, 5.74) is 5.96. The smallest absolute Gasteiger partial charge is 0.164 e. The lowest BCUT2D eigenvalue weighted by molar-refractivity contribution is 0.284. The third kappa shape index (κ3) is 4.71. The lowest BCUT2D eigenvalue weighted by Gasteiger charge is -2.37. The SMILES string of the molecule is COc1cc([C@H]2c3c(C)nn(-c4ccc(C)cc4)c3N=C3C(Cl)=CC(Cl)=CN32)ccc1OCc1ccccc1. The van der Waals surface area contributed by atoms with Gasteiger partial charge in [-0.1, -0.05) is 77.3 Å². The molecule has 6 nitrogen and oxygen atoms in total. The van der Waals surface area contributed by atoms with E-state index in [9.17, 15) is 0 Å². The molecule has 8 heteroatoms. The zero-order valence-electron chi connectivity index (χ0n) is 21.7. The molecule has 196 valence electrons. The van der Waals surface area contributed by atoms with Crippen molar-refractivity contribution in [3.05, 3.63) is 123 Å². The molecule has 0 saturated heterocycles. The highest BCUT2D eigenvalue weighted by molar-refractivity contribution is 6.45. The van der Waals surface area contributed by atoms with Crippen LogP contribution in [-0.4, -0.2) is 27.6 Å². The van der Waals surface area contributed by atoms with Gasteiger partial charge in [-0.3, -0.25) is 0 Å². The summed E-state index contributed by atoms with van der Waals surface area (Å²) in [5, 5.41) is 5.88. The van der Waals surface area contributed by atoms with Gasteiger partial charge in [0.15, 0.2) is 23.2 Å². The Bertz CT molecular complexity index is 1640. The minimum atomic E-state index is -0.292. The predicted molar refractivity (Wildman–Crippen MR) is 155 cm³/mol. The van der Waals surface area contributed by atoms with Crippen LogP contribution in [0.25, 0.3) is 5.69 Å². The monoisotopic (exact) mass is 556 g/mol. The number of benzene rings is 3. The van der Waals surface area contributed by atoms with E-state index >= 15 is 0 Å². The Balaban J connectivity index is 1.46. The van der Waals surface area contributed by atoms with Crippen molar-refractivity contribution in [2.75, 3.05) is 7.11 Å². The largest absolute Gasteiger partial charge is 0.493 e. The van der Waals surface area contributed by atoms with E-state index in [0.717, 1.165) is 33.9 Å². The molecule has 0 fully saturated rings. The number of aryl methyl sites for hydroxylation is 2. The van der Waals surface area contributed by atoms with Crippen molar-refractivity contribution in [1.82, 2.24) is 14.7 Å². The number of hydrogen-bond acceptors (Lipinski definition) is 5. The maximum atomic E-state index is 6.70. The molecule has 39 heavy (non-hydrogen) atoms. The van der Waals surface area contributed by atoms with Crippen molar-refractivity contribution in [1.29, 1.82) is 0 Å². The molecule has 1 aromatic heterocycles. The fourth-order valence-electron chi connectivity index (χ4n) is 4.94. The first-order chi connectivity index (χ1) is 18.9. The van der Waals surface area contributed by atoms with Gasteiger partial charge in [0, 0.05) is 11.8 Å². The van der Waals surface area contributed by atoms with Gasteiger partial charge in [0.2, 0.25) is 0 Å². The fraction of sp³-hybridized carbons (Fsp3) is 0.161. The molecule has 0 aliphatic carbocycles. The number of fused-ring (bicyclic) bond motifs is 2. The van der Waals surface area contributed by atoms with Gasteiger partial charge >= 0.3 is 0 Å². The molecule has 6 rings (SSSR count). The molecule has 4 aromatic rings. The van der Waals surface area contributed by atoms with Crippen molar-refractivity contribution in [3.63, 3.8) is 0 Å². The molecule has 0 unspecified atom stereocenters. The van der Waals surface area contributed by atoms with Gasteiger partial charge in [0.05, 0.1) is 34.6 Å². The lowest BCUT2D eigenvalue weighted by atomic mass is 9.94. The summed E-state index contributed by atoms with van der Waals surface area (Å²) in [7, 11) is 1.64. The second-order valence-electron chi connectivity index (χ2n) is 9.51. The van der Waals surface area contributed by atoms with Gasteiger partial charge in [0.1, 0.15) is 6.61 Å². The normalized spacial score (nSPS) is 16.1.